The largest absolute Gasteiger partial charge is 0.364 e. The van der Waals surface area contributed by atoms with E-state index >= 15 is 0 Å². The van der Waals surface area contributed by atoms with E-state index in [1.54, 1.807) is 29.0 Å². The number of amides is 1. The minimum Gasteiger partial charge on any atom is -0.364 e. The lowest BCUT2D eigenvalue weighted by Gasteiger charge is -2.13. The molecule has 0 bridgehead atoms. The zero-order valence-corrected chi connectivity index (χ0v) is 10.3. The summed E-state index contributed by atoms with van der Waals surface area (Å²) in [5.41, 5.74) is 6.22. The van der Waals surface area contributed by atoms with Crippen molar-refractivity contribution >= 4 is 17.4 Å². The van der Waals surface area contributed by atoms with Gasteiger partial charge in [0, 0.05) is 18.8 Å². The van der Waals surface area contributed by atoms with Gasteiger partial charge in [0.05, 0.1) is 12.3 Å². The summed E-state index contributed by atoms with van der Waals surface area (Å²) >= 11 is 0. The Bertz CT molecular complexity index is 597. The summed E-state index contributed by atoms with van der Waals surface area (Å²) in [5, 5.41) is 6.92. The number of hydrogen-bond acceptors (Lipinski definition) is 5. The van der Waals surface area contributed by atoms with E-state index in [0.29, 0.717) is 24.4 Å². The molecule has 100 valence electrons. The topological polar surface area (TPSA) is 94.5 Å². The van der Waals surface area contributed by atoms with Crippen LogP contribution in [0.2, 0.25) is 0 Å². The van der Waals surface area contributed by atoms with E-state index in [4.69, 9.17) is 10.5 Å². The molecule has 1 fully saturated rings. The van der Waals surface area contributed by atoms with Gasteiger partial charge in [-0.05, 0) is 18.9 Å². The zero-order valence-electron chi connectivity index (χ0n) is 10.3. The van der Waals surface area contributed by atoms with E-state index in [1.165, 1.54) is 0 Å². The molecule has 3 heterocycles. The van der Waals surface area contributed by atoms with Gasteiger partial charge >= 0.3 is 0 Å². The van der Waals surface area contributed by atoms with Crippen LogP contribution in [0.3, 0.4) is 0 Å². The predicted octanol–water partition coefficient (Wildman–Crippen LogP) is 0.174. The van der Waals surface area contributed by atoms with E-state index < -0.39 is 6.10 Å². The lowest BCUT2D eigenvalue weighted by molar-refractivity contribution is -0.126. The molecule has 0 saturated carbocycles. The van der Waals surface area contributed by atoms with Crippen molar-refractivity contribution in [3.05, 3.63) is 24.5 Å². The first-order valence-electron chi connectivity index (χ1n) is 6.23. The number of ether oxygens (including phenoxy) is 1. The van der Waals surface area contributed by atoms with Crippen molar-refractivity contribution < 1.29 is 9.53 Å². The molecule has 1 aliphatic heterocycles. The Hall–Kier alpha value is -1.99. The molecule has 2 aromatic heterocycles. The number of rotatable bonds is 3. The van der Waals surface area contributed by atoms with Crippen molar-refractivity contribution in [1.29, 1.82) is 0 Å². The first-order chi connectivity index (χ1) is 9.28. The van der Waals surface area contributed by atoms with E-state index in [9.17, 15) is 4.79 Å². The molecule has 3 rings (SSSR count). The highest BCUT2D eigenvalue weighted by Gasteiger charge is 2.30. The molecule has 0 radical (unpaired) electrons. The van der Waals surface area contributed by atoms with Gasteiger partial charge < -0.3 is 15.8 Å². The van der Waals surface area contributed by atoms with Crippen LogP contribution in [0.1, 0.15) is 12.8 Å². The van der Waals surface area contributed by atoms with Crippen molar-refractivity contribution in [2.24, 2.45) is 5.73 Å². The highest BCUT2D eigenvalue weighted by Crippen LogP contribution is 2.20. The van der Waals surface area contributed by atoms with Crippen LogP contribution in [0.15, 0.2) is 24.5 Å². The molecule has 0 unspecified atom stereocenters. The van der Waals surface area contributed by atoms with E-state index in [0.717, 1.165) is 6.42 Å². The highest BCUT2D eigenvalue weighted by atomic mass is 16.5. The minimum absolute atomic E-state index is 0.0158. The van der Waals surface area contributed by atoms with Gasteiger partial charge in [-0.1, -0.05) is 0 Å². The third kappa shape index (κ3) is 2.29. The molecular formula is C12H15N5O2. The molecular weight excluding hydrogens is 246 g/mol. The second kappa shape index (κ2) is 4.94. The summed E-state index contributed by atoms with van der Waals surface area (Å²) in [6.45, 7) is 0.447. The quantitative estimate of drug-likeness (QED) is 0.821. The van der Waals surface area contributed by atoms with Gasteiger partial charge in [-0.3, -0.25) is 4.79 Å². The first kappa shape index (κ1) is 12.1. The molecule has 1 saturated heterocycles. The summed E-state index contributed by atoms with van der Waals surface area (Å²) in [6.07, 6.45) is 4.33. The van der Waals surface area contributed by atoms with Crippen LogP contribution in [0.5, 0.6) is 0 Å². The Labute approximate surface area is 109 Å². The average Bonchev–Trinajstić information content (AvgIpc) is 3.08. The molecule has 2 aromatic rings. The van der Waals surface area contributed by atoms with Crippen LogP contribution in [-0.2, 0) is 9.53 Å². The fourth-order valence-electron chi connectivity index (χ4n) is 2.21. The fourth-order valence-corrected chi connectivity index (χ4v) is 2.21. The first-order valence-corrected chi connectivity index (χ1v) is 6.23. The molecule has 19 heavy (non-hydrogen) atoms. The van der Waals surface area contributed by atoms with Crippen molar-refractivity contribution in [3.8, 4) is 0 Å². The van der Waals surface area contributed by atoms with E-state index in [1.807, 2.05) is 0 Å². The van der Waals surface area contributed by atoms with Gasteiger partial charge in [-0.2, -0.15) is 9.61 Å². The Morgan fingerprint density at radius 2 is 2.37 bits per heavy atom. The molecule has 0 aliphatic carbocycles. The summed E-state index contributed by atoms with van der Waals surface area (Å²) in [6, 6.07) is 3.47. The molecule has 0 aromatic carbocycles. The van der Waals surface area contributed by atoms with Gasteiger partial charge in [-0.15, -0.1) is 0 Å². The number of anilines is 1. The molecule has 7 heteroatoms. The van der Waals surface area contributed by atoms with Gasteiger partial charge in [0.15, 0.2) is 5.65 Å². The molecule has 1 aliphatic rings. The average molecular weight is 261 g/mol. The minimum atomic E-state index is -0.438. The lowest BCUT2D eigenvalue weighted by atomic mass is 10.2. The molecule has 7 nitrogen and oxygen atoms in total. The summed E-state index contributed by atoms with van der Waals surface area (Å²) in [4.78, 5) is 16.2. The zero-order chi connectivity index (χ0) is 13.2. The van der Waals surface area contributed by atoms with Crippen molar-refractivity contribution in [2.45, 2.75) is 25.0 Å². The van der Waals surface area contributed by atoms with Gasteiger partial charge in [0.25, 0.3) is 5.91 Å². The SMILES string of the molecule is NC[C@H]1CC[C@@H](C(=O)Nc2ccnc3ccnn23)O1. The standard InChI is InChI=1S/C12H15N5O2/c13-7-8-1-2-9(19-8)12(18)16-11-3-5-14-10-4-6-15-17(10)11/h3-6,8-9H,1-2,7,13H2,(H,16,18)/t8-,9+/m1/s1. The van der Waals surface area contributed by atoms with E-state index in [2.05, 4.69) is 15.4 Å². The number of nitrogens with two attached hydrogens (primary N) is 1. The summed E-state index contributed by atoms with van der Waals surface area (Å²) in [7, 11) is 0. The van der Waals surface area contributed by atoms with Crippen molar-refractivity contribution in [2.75, 3.05) is 11.9 Å². The predicted molar refractivity (Wildman–Crippen MR) is 68.6 cm³/mol. The Balaban J connectivity index is 1.74. The van der Waals surface area contributed by atoms with Crippen LogP contribution in [0.4, 0.5) is 5.82 Å². The summed E-state index contributed by atoms with van der Waals surface area (Å²) < 4.78 is 7.13. The molecule has 3 N–H and O–H groups in total. The normalized spacial score (nSPS) is 22.8. The monoisotopic (exact) mass is 261 g/mol. The Morgan fingerprint density at radius 1 is 1.47 bits per heavy atom. The Kier molecular flexibility index (Phi) is 3.14. The van der Waals surface area contributed by atoms with E-state index in [-0.39, 0.29) is 12.0 Å². The second-order valence-corrected chi connectivity index (χ2v) is 4.48. The summed E-state index contributed by atoms with van der Waals surface area (Å²) in [5.74, 6) is 0.416. The van der Waals surface area contributed by atoms with Crippen LogP contribution in [-0.4, -0.2) is 39.3 Å². The highest BCUT2D eigenvalue weighted by molar-refractivity contribution is 5.93. The smallest absolute Gasteiger partial charge is 0.254 e. The molecule has 0 spiro atoms. The van der Waals surface area contributed by atoms with Crippen molar-refractivity contribution in [1.82, 2.24) is 14.6 Å². The number of nitrogens with one attached hydrogen (secondary N) is 1. The lowest BCUT2D eigenvalue weighted by Crippen LogP contribution is -2.30. The van der Waals surface area contributed by atoms with Crippen LogP contribution < -0.4 is 11.1 Å². The van der Waals surface area contributed by atoms with Crippen LogP contribution >= 0.6 is 0 Å². The second-order valence-electron chi connectivity index (χ2n) is 4.48. The number of nitrogens with zero attached hydrogens (tertiary/aromatic N) is 3. The fraction of sp³-hybridized carbons (Fsp3) is 0.417. The number of carbonyl (C=O) groups excluding carboxylic acids is 1. The number of fused-ring (bicyclic) bond motifs is 1. The molecule has 2 atom stereocenters. The van der Waals surface area contributed by atoms with Gasteiger partial charge in [-0.25, -0.2) is 4.98 Å². The van der Waals surface area contributed by atoms with Gasteiger partial charge in [0.2, 0.25) is 0 Å². The van der Waals surface area contributed by atoms with Crippen molar-refractivity contribution in [3.63, 3.8) is 0 Å². The number of aromatic nitrogens is 3. The Morgan fingerprint density at radius 3 is 3.16 bits per heavy atom. The maximum absolute atomic E-state index is 12.1. The maximum Gasteiger partial charge on any atom is 0.254 e. The van der Waals surface area contributed by atoms with Gasteiger partial charge in [0.1, 0.15) is 11.9 Å². The van der Waals surface area contributed by atoms with Crippen LogP contribution in [0.25, 0.3) is 5.65 Å². The number of carbonyl (C=O) groups is 1. The number of hydrogen-bond donors (Lipinski definition) is 2. The molecule has 1 amide bonds. The maximum atomic E-state index is 12.1. The van der Waals surface area contributed by atoms with Crippen LogP contribution in [0, 0.1) is 0 Å². The third-order valence-electron chi connectivity index (χ3n) is 3.20. The third-order valence-corrected chi connectivity index (χ3v) is 3.20.